The zero-order valence-electron chi connectivity index (χ0n) is 11.4. The van der Waals surface area contributed by atoms with Gasteiger partial charge in [-0.25, -0.2) is 9.78 Å². The number of aryl methyl sites for hydroxylation is 1. The number of esters is 1. The second kappa shape index (κ2) is 6.36. The molecule has 1 aromatic carbocycles. The second-order valence-electron chi connectivity index (χ2n) is 4.22. The Kier molecular flexibility index (Phi) is 4.54. The third-order valence-corrected chi connectivity index (χ3v) is 3.63. The molecule has 2 aromatic rings. The molecule has 0 saturated carbocycles. The van der Waals surface area contributed by atoms with E-state index < -0.39 is 10.9 Å². The molecule has 21 heavy (non-hydrogen) atoms. The van der Waals surface area contributed by atoms with Crippen LogP contribution in [0.5, 0.6) is 0 Å². The maximum atomic E-state index is 11.5. The standard InChI is InChI=1S/C14H12N2O4S/c1-9-6-12(16(18)19)13(15-8-9)21-11-5-3-4-10(7-11)14(17)20-2/h3-8H,1-2H3. The van der Waals surface area contributed by atoms with E-state index in [0.29, 0.717) is 10.5 Å². The van der Waals surface area contributed by atoms with Gasteiger partial charge in [-0.3, -0.25) is 10.1 Å². The number of carbonyl (C=O) groups excluding carboxylic acids is 1. The number of hydrogen-bond acceptors (Lipinski definition) is 6. The summed E-state index contributed by atoms with van der Waals surface area (Å²) in [7, 11) is 1.30. The van der Waals surface area contributed by atoms with Crippen LogP contribution in [0.25, 0.3) is 0 Å². The summed E-state index contributed by atoms with van der Waals surface area (Å²) < 4.78 is 4.65. The Hall–Kier alpha value is -2.41. The quantitative estimate of drug-likeness (QED) is 0.490. The number of rotatable bonds is 4. The van der Waals surface area contributed by atoms with Gasteiger partial charge in [-0.1, -0.05) is 17.8 Å². The predicted molar refractivity (Wildman–Crippen MR) is 77.5 cm³/mol. The monoisotopic (exact) mass is 304 g/mol. The summed E-state index contributed by atoms with van der Waals surface area (Å²) >= 11 is 1.13. The van der Waals surface area contributed by atoms with Gasteiger partial charge in [0.15, 0.2) is 5.03 Å². The summed E-state index contributed by atoms with van der Waals surface area (Å²) in [6.45, 7) is 1.74. The molecule has 0 aliphatic heterocycles. The van der Waals surface area contributed by atoms with E-state index in [4.69, 9.17) is 0 Å². The van der Waals surface area contributed by atoms with Crippen molar-refractivity contribution < 1.29 is 14.5 Å². The van der Waals surface area contributed by atoms with E-state index in [0.717, 1.165) is 17.3 Å². The first-order valence-corrected chi connectivity index (χ1v) is 6.80. The fraction of sp³-hybridized carbons (Fsp3) is 0.143. The molecule has 0 aliphatic carbocycles. The highest BCUT2D eigenvalue weighted by atomic mass is 32.2. The highest BCUT2D eigenvalue weighted by molar-refractivity contribution is 7.99. The second-order valence-corrected chi connectivity index (χ2v) is 5.28. The molecule has 6 nitrogen and oxygen atoms in total. The van der Waals surface area contributed by atoms with Crippen molar-refractivity contribution in [2.45, 2.75) is 16.8 Å². The third-order valence-electron chi connectivity index (χ3n) is 2.64. The zero-order chi connectivity index (χ0) is 15.4. The number of nitrogens with zero attached hydrogens (tertiary/aromatic N) is 2. The molecule has 0 unspecified atom stereocenters. The number of benzene rings is 1. The van der Waals surface area contributed by atoms with E-state index in [9.17, 15) is 14.9 Å². The molecule has 7 heteroatoms. The van der Waals surface area contributed by atoms with Crippen LogP contribution in [-0.4, -0.2) is 23.0 Å². The predicted octanol–water partition coefficient (Wildman–Crippen LogP) is 3.24. The number of aromatic nitrogens is 1. The van der Waals surface area contributed by atoms with Crippen LogP contribution in [0.3, 0.4) is 0 Å². The molecule has 0 fully saturated rings. The van der Waals surface area contributed by atoms with E-state index in [1.165, 1.54) is 13.2 Å². The Morgan fingerprint density at radius 2 is 2.14 bits per heavy atom. The highest BCUT2D eigenvalue weighted by Crippen LogP contribution is 2.33. The van der Waals surface area contributed by atoms with Crippen molar-refractivity contribution in [1.82, 2.24) is 4.98 Å². The molecule has 1 aromatic heterocycles. The summed E-state index contributed by atoms with van der Waals surface area (Å²) in [6, 6.07) is 8.14. The fourth-order valence-electron chi connectivity index (χ4n) is 1.67. The number of nitro groups is 1. The third kappa shape index (κ3) is 3.57. The minimum atomic E-state index is -0.466. The van der Waals surface area contributed by atoms with Crippen molar-refractivity contribution in [3.63, 3.8) is 0 Å². The minimum absolute atomic E-state index is 0.0523. The first-order chi connectivity index (χ1) is 10.0. The molecule has 108 valence electrons. The summed E-state index contributed by atoms with van der Waals surface area (Å²) in [5, 5.41) is 11.3. The Labute approximate surface area is 125 Å². The van der Waals surface area contributed by atoms with Crippen LogP contribution < -0.4 is 0 Å². The van der Waals surface area contributed by atoms with Gasteiger partial charge in [-0.2, -0.15) is 0 Å². The molecular weight excluding hydrogens is 292 g/mol. The number of hydrogen-bond donors (Lipinski definition) is 0. The van der Waals surface area contributed by atoms with Crippen LogP contribution in [0.2, 0.25) is 0 Å². The Morgan fingerprint density at radius 1 is 1.38 bits per heavy atom. The van der Waals surface area contributed by atoms with Gasteiger partial charge in [0.25, 0.3) is 0 Å². The van der Waals surface area contributed by atoms with Crippen molar-refractivity contribution in [2.24, 2.45) is 0 Å². The Balaban J connectivity index is 2.34. The molecule has 0 aliphatic rings. The lowest BCUT2D eigenvalue weighted by atomic mass is 10.2. The summed E-state index contributed by atoms with van der Waals surface area (Å²) in [5.74, 6) is -0.455. The number of ether oxygens (including phenoxy) is 1. The summed E-state index contributed by atoms with van der Waals surface area (Å²) in [5.41, 5.74) is 1.05. The van der Waals surface area contributed by atoms with Gasteiger partial charge in [-0.05, 0) is 30.7 Å². The molecular formula is C14H12N2O4S. The topological polar surface area (TPSA) is 82.3 Å². The van der Waals surface area contributed by atoms with Gasteiger partial charge in [0.1, 0.15) is 0 Å². The molecule has 0 saturated heterocycles. The lowest BCUT2D eigenvalue weighted by molar-refractivity contribution is -0.388. The molecule has 0 bridgehead atoms. The largest absolute Gasteiger partial charge is 0.465 e. The van der Waals surface area contributed by atoms with Crippen LogP contribution in [0, 0.1) is 17.0 Å². The summed E-state index contributed by atoms with van der Waals surface area (Å²) in [4.78, 5) is 26.9. The van der Waals surface area contributed by atoms with Crippen molar-refractivity contribution in [1.29, 1.82) is 0 Å². The van der Waals surface area contributed by atoms with Crippen molar-refractivity contribution >= 4 is 23.4 Å². The van der Waals surface area contributed by atoms with Gasteiger partial charge >= 0.3 is 11.7 Å². The van der Waals surface area contributed by atoms with E-state index in [2.05, 4.69) is 9.72 Å². The Morgan fingerprint density at radius 3 is 2.81 bits per heavy atom. The lowest BCUT2D eigenvalue weighted by Crippen LogP contribution is -2.00. The molecule has 2 rings (SSSR count). The number of pyridine rings is 1. The van der Waals surface area contributed by atoms with Gasteiger partial charge in [0.05, 0.1) is 17.6 Å². The van der Waals surface area contributed by atoms with Gasteiger partial charge in [-0.15, -0.1) is 0 Å². The first-order valence-electron chi connectivity index (χ1n) is 5.98. The lowest BCUT2D eigenvalue weighted by Gasteiger charge is -2.05. The zero-order valence-corrected chi connectivity index (χ0v) is 12.2. The Bertz CT molecular complexity index is 703. The molecule has 0 atom stereocenters. The minimum Gasteiger partial charge on any atom is -0.465 e. The molecule has 1 heterocycles. The van der Waals surface area contributed by atoms with E-state index >= 15 is 0 Å². The average Bonchev–Trinajstić information content (AvgIpc) is 2.48. The smallest absolute Gasteiger partial charge is 0.337 e. The van der Waals surface area contributed by atoms with Gasteiger partial charge < -0.3 is 4.74 Å². The molecule has 0 N–H and O–H groups in total. The fourth-order valence-corrected chi connectivity index (χ4v) is 2.57. The maximum Gasteiger partial charge on any atom is 0.337 e. The first kappa shape index (κ1) is 15.0. The average molecular weight is 304 g/mol. The van der Waals surface area contributed by atoms with Crippen molar-refractivity contribution in [3.05, 3.63) is 57.8 Å². The maximum absolute atomic E-state index is 11.5. The highest BCUT2D eigenvalue weighted by Gasteiger charge is 2.17. The number of methoxy groups -OCH3 is 1. The SMILES string of the molecule is COC(=O)c1cccc(Sc2ncc(C)cc2[N+](=O)[O-])c1. The van der Waals surface area contributed by atoms with Gasteiger partial charge in [0.2, 0.25) is 0 Å². The number of carbonyl (C=O) groups is 1. The van der Waals surface area contributed by atoms with Crippen molar-refractivity contribution in [2.75, 3.05) is 7.11 Å². The van der Waals surface area contributed by atoms with E-state index in [-0.39, 0.29) is 10.7 Å². The molecule has 0 spiro atoms. The normalized spacial score (nSPS) is 10.2. The van der Waals surface area contributed by atoms with Crippen LogP contribution >= 0.6 is 11.8 Å². The van der Waals surface area contributed by atoms with E-state index in [1.54, 1.807) is 37.4 Å². The van der Waals surface area contributed by atoms with Crippen LogP contribution in [0.4, 0.5) is 5.69 Å². The van der Waals surface area contributed by atoms with Crippen LogP contribution in [0.1, 0.15) is 15.9 Å². The summed E-state index contributed by atoms with van der Waals surface area (Å²) in [6.07, 6.45) is 1.57. The van der Waals surface area contributed by atoms with Crippen LogP contribution in [0.15, 0.2) is 46.5 Å². The van der Waals surface area contributed by atoms with Crippen molar-refractivity contribution in [3.8, 4) is 0 Å². The van der Waals surface area contributed by atoms with E-state index in [1.807, 2.05) is 0 Å². The molecule has 0 radical (unpaired) electrons. The molecule has 0 amide bonds. The van der Waals surface area contributed by atoms with Crippen LogP contribution in [-0.2, 0) is 4.74 Å². The van der Waals surface area contributed by atoms with Gasteiger partial charge in [0, 0.05) is 17.2 Å².